The van der Waals surface area contributed by atoms with Crippen LogP contribution in [0.25, 0.3) is 0 Å². The summed E-state index contributed by atoms with van der Waals surface area (Å²) < 4.78 is 33.0. The summed E-state index contributed by atoms with van der Waals surface area (Å²) in [5.41, 5.74) is 5.38. The zero-order chi connectivity index (χ0) is 58.7. The molecule has 0 aromatic heterocycles. The van der Waals surface area contributed by atoms with Gasteiger partial charge >= 0.3 is 19.8 Å². The monoisotopic (exact) mass is 1140 g/mol. The van der Waals surface area contributed by atoms with E-state index in [1.165, 1.54) is 83.5 Å². The van der Waals surface area contributed by atoms with Gasteiger partial charge in [-0.2, -0.15) is 0 Å². The van der Waals surface area contributed by atoms with Crippen LogP contribution in [0.2, 0.25) is 0 Å². The van der Waals surface area contributed by atoms with Crippen molar-refractivity contribution in [2.24, 2.45) is 5.73 Å². The maximum atomic E-state index is 12.7. The van der Waals surface area contributed by atoms with Gasteiger partial charge in [0.05, 0.1) is 13.2 Å². The highest BCUT2D eigenvalue weighted by molar-refractivity contribution is 7.47. The van der Waals surface area contributed by atoms with Gasteiger partial charge in [-0.1, -0.05) is 274 Å². The van der Waals surface area contributed by atoms with E-state index in [0.29, 0.717) is 12.8 Å². The first-order valence-corrected chi connectivity index (χ1v) is 33.1. The summed E-state index contributed by atoms with van der Waals surface area (Å²) in [4.78, 5) is 35.2. The van der Waals surface area contributed by atoms with E-state index in [2.05, 4.69) is 172 Å². The summed E-state index contributed by atoms with van der Waals surface area (Å²) in [6, 6.07) is 0. The Morgan fingerprint density at radius 1 is 0.370 bits per heavy atom. The summed E-state index contributed by atoms with van der Waals surface area (Å²) in [5.74, 6) is -0.934. The van der Waals surface area contributed by atoms with E-state index >= 15 is 0 Å². The van der Waals surface area contributed by atoms with Crippen molar-refractivity contribution in [3.63, 3.8) is 0 Å². The molecule has 0 aliphatic carbocycles. The number of ether oxygens (including phenoxy) is 2. The molecule has 0 radical (unpaired) electrons. The van der Waals surface area contributed by atoms with Crippen LogP contribution in [0.4, 0.5) is 0 Å². The van der Waals surface area contributed by atoms with Gasteiger partial charge in [0, 0.05) is 19.4 Å². The molecule has 9 nitrogen and oxygen atoms in total. The molecule has 0 heterocycles. The van der Waals surface area contributed by atoms with Crippen molar-refractivity contribution >= 4 is 19.8 Å². The summed E-state index contributed by atoms with van der Waals surface area (Å²) >= 11 is 0. The van der Waals surface area contributed by atoms with Gasteiger partial charge in [0.2, 0.25) is 0 Å². The number of esters is 2. The highest BCUT2D eigenvalue weighted by Gasteiger charge is 2.26. The highest BCUT2D eigenvalue weighted by Crippen LogP contribution is 2.43. The Bertz CT molecular complexity index is 1930. The zero-order valence-electron chi connectivity index (χ0n) is 50.9. The molecule has 0 saturated heterocycles. The SMILES string of the molecule is CC/C=C\C/C=C\C/C=C\C/C=C\C/C=C\C/C=C\C/C=C\C/C=C\CCCCCCCCCCCCCCCCCCC(=O)OC(COC(=O)CC/C=C\C/C=C\C/C=C\C/C=C\C/C=C\C/C=C\CC)COP(=O)(O)OCCN. The second kappa shape index (κ2) is 64.5. The fourth-order valence-corrected chi connectivity index (χ4v) is 8.80. The Balaban J connectivity index is 3.96. The maximum Gasteiger partial charge on any atom is 0.472 e. The van der Waals surface area contributed by atoms with Gasteiger partial charge in [-0.25, -0.2) is 4.57 Å². The first kappa shape index (κ1) is 76.4. The molecule has 81 heavy (non-hydrogen) atoms. The number of carbonyl (C=O) groups is 2. The Morgan fingerprint density at radius 3 is 1.00 bits per heavy atom. The lowest BCUT2D eigenvalue weighted by atomic mass is 10.0. The van der Waals surface area contributed by atoms with Crippen molar-refractivity contribution in [1.82, 2.24) is 0 Å². The van der Waals surface area contributed by atoms with Crippen molar-refractivity contribution in [2.75, 3.05) is 26.4 Å². The third-order valence-electron chi connectivity index (χ3n) is 12.6. The lowest BCUT2D eigenvalue weighted by Crippen LogP contribution is -2.29. The summed E-state index contributed by atoms with van der Waals surface area (Å²) in [5, 5.41) is 0. The first-order valence-electron chi connectivity index (χ1n) is 31.6. The average Bonchev–Trinajstić information content (AvgIpc) is 3.46. The topological polar surface area (TPSA) is 134 Å². The zero-order valence-corrected chi connectivity index (χ0v) is 51.8. The minimum absolute atomic E-state index is 0.0364. The largest absolute Gasteiger partial charge is 0.472 e. The number of allylic oxidation sites excluding steroid dienone is 28. The van der Waals surface area contributed by atoms with Gasteiger partial charge in [0.15, 0.2) is 6.10 Å². The molecule has 0 aromatic carbocycles. The summed E-state index contributed by atoms with van der Waals surface area (Å²) in [6.45, 7) is 3.41. The molecule has 456 valence electrons. The molecule has 0 rings (SSSR count). The molecule has 0 aliphatic heterocycles. The second-order valence-corrected chi connectivity index (χ2v) is 21.6. The van der Waals surface area contributed by atoms with Crippen molar-refractivity contribution in [3.8, 4) is 0 Å². The third kappa shape index (κ3) is 64.4. The molecule has 0 aliphatic rings. The van der Waals surface area contributed by atoms with E-state index in [4.69, 9.17) is 24.3 Å². The second-order valence-electron chi connectivity index (χ2n) is 20.2. The predicted molar refractivity (Wildman–Crippen MR) is 348 cm³/mol. The molecule has 0 amide bonds. The summed E-state index contributed by atoms with van der Waals surface area (Å²) in [6.07, 6.45) is 95.9. The number of phosphoric acid groups is 1. The van der Waals surface area contributed by atoms with E-state index in [1.54, 1.807) is 0 Å². The van der Waals surface area contributed by atoms with Gasteiger partial charge in [0.1, 0.15) is 6.61 Å². The molecule has 0 aromatic rings. The number of rotatable bonds is 57. The van der Waals surface area contributed by atoms with E-state index in [9.17, 15) is 19.0 Å². The van der Waals surface area contributed by atoms with Crippen LogP contribution < -0.4 is 5.73 Å². The minimum atomic E-state index is -4.42. The molecular weight excluding hydrogens is 1030 g/mol. The van der Waals surface area contributed by atoms with E-state index < -0.39 is 32.5 Å². The Kier molecular flexibility index (Phi) is 60.8. The molecule has 3 N–H and O–H groups in total. The lowest BCUT2D eigenvalue weighted by molar-refractivity contribution is -0.161. The van der Waals surface area contributed by atoms with Crippen LogP contribution in [-0.4, -0.2) is 49.3 Å². The van der Waals surface area contributed by atoms with Crippen LogP contribution >= 0.6 is 7.82 Å². The normalized spacial score (nSPS) is 14.2. The number of unbranched alkanes of at least 4 members (excludes halogenated alkanes) is 16. The van der Waals surface area contributed by atoms with Crippen LogP contribution in [0.1, 0.15) is 232 Å². The average molecular weight is 1140 g/mol. The first-order chi connectivity index (χ1) is 39.8. The number of carbonyl (C=O) groups excluding carboxylic acids is 2. The van der Waals surface area contributed by atoms with E-state index in [0.717, 1.165) is 109 Å². The molecule has 0 saturated carbocycles. The van der Waals surface area contributed by atoms with Crippen LogP contribution in [-0.2, 0) is 32.7 Å². The van der Waals surface area contributed by atoms with Crippen molar-refractivity contribution in [2.45, 2.75) is 238 Å². The smallest absolute Gasteiger partial charge is 0.462 e. The number of hydrogen-bond donors (Lipinski definition) is 2. The molecule has 0 fully saturated rings. The fourth-order valence-electron chi connectivity index (χ4n) is 8.03. The molecule has 2 atom stereocenters. The van der Waals surface area contributed by atoms with Gasteiger partial charge in [-0.05, 0) is 116 Å². The van der Waals surface area contributed by atoms with Crippen molar-refractivity contribution in [1.29, 1.82) is 0 Å². The fraction of sp³-hybridized carbons (Fsp3) is 0.577. The number of nitrogens with two attached hydrogens (primary N) is 1. The van der Waals surface area contributed by atoms with Crippen LogP contribution in [0.3, 0.4) is 0 Å². The quantitative estimate of drug-likeness (QED) is 0.0264. The van der Waals surface area contributed by atoms with Crippen molar-refractivity contribution < 1.29 is 37.6 Å². The standard InChI is InChI=1S/C71H114NO8P/c1-3-5-7-9-11-13-15-17-19-21-23-24-25-26-27-28-29-30-31-32-33-34-35-36-37-38-39-40-41-42-43-44-46-48-50-52-54-56-58-60-62-64-71(74)80-69(68-79-81(75,76)78-66-65-72)67-77-70(73)63-61-59-57-55-53-51-49-47-45-22-20-18-16-14-12-10-8-6-4-2/h5-8,11-14,17-20,23-24,26-27,29-30,32-33,35-36,45,47,51,53,57,59,69H,3-4,9-10,15-16,21-22,25,28,31,34,37-44,46,48-50,52,54-56,58,60-68,72H2,1-2H3,(H,75,76)/b7-5-,8-6-,13-11-,14-12-,19-17-,20-18-,24-23-,27-26-,30-29-,33-32-,36-35-,47-45-,53-51-,59-57-. The minimum Gasteiger partial charge on any atom is -0.462 e. The molecule has 10 heteroatoms. The molecule has 0 bridgehead atoms. The number of phosphoric ester groups is 1. The van der Waals surface area contributed by atoms with Gasteiger partial charge in [-0.15, -0.1) is 0 Å². The van der Waals surface area contributed by atoms with Gasteiger partial charge in [0.25, 0.3) is 0 Å². The molecule has 0 spiro atoms. The molecular formula is C71H114NO8P. The number of hydrogen-bond acceptors (Lipinski definition) is 8. The van der Waals surface area contributed by atoms with E-state index in [-0.39, 0.29) is 32.6 Å². The Morgan fingerprint density at radius 2 is 0.667 bits per heavy atom. The Labute approximate surface area is 495 Å². The summed E-state index contributed by atoms with van der Waals surface area (Å²) in [7, 11) is -4.42. The van der Waals surface area contributed by atoms with Gasteiger partial charge < -0.3 is 20.1 Å². The van der Waals surface area contributed by atoms with Crippen LogP contribution in [0.15, 0.2) is 170 Å². The molecule has 2 unspecified atom stereocenters. The van der Waals surface area contributed by atoms with Crippen molar-refractivity contribution in [3.05, 3.63) is 170 Å². The highest BCUT2D eigenvalue weighted by atomic mass is 31.2. The predicted octanol–water partition coefficient (Wildman–Crippen LogP) is 20.6. The van der Waals surface area contributed by atoms with Gasteiger partial charge in [-0.3, -0.25) is 18.6 Å². The third-order valence-corrected chi connectivity index (χ3v) is 13.6. The lowest BCUT2D eigenvalue weighted by Gasteiger charge is -2.19. The van der Waals surface area contributed by atoms with Crippen LogP contribution in [0, 0.1) is 0 Å². The van der Waals surface area contributed by atoms with Crippen LogP contribution in [0.5, 0.6) is 0 Å². The maximum absolute atomic E-state index is 12.7. The Hall–Kier alpha value is -4.63. The van der Waals surface area contributed by atoms with E-state index in [1.807, 2.05) is 12.2 Å².